The van der Waals surface area contributed by atoms with Crippen molar-refractivity contribution >= 4 is 17.6 Å². The van der Waals surface area contributed by atoms with E-state index < -0.39 is 0 Å². The number of nitrogens with zero attached hydrogens (tertiary/aromatic N) is 2. The molecule has 0 aliphatic carbocycles. The first-order valence-electron chi connectivity index (χ1n) is 6.37. The number of rotatable bonds is 3. The number of aromatic hydroxyl groups is 1. The van der Waals surface area contributed by atoms with Crippen LogP contribution in [0.25, 0.3) is 11.3 Å². The minimum Gasteiger partial charge on any atom is -0.508 e. The second kappa shape index (κ2) is 5.85. The van der Waals surface area contributed by atoms with Crippen LogP contribution in [0.4, 0.5) is 5.82 Å². The molecule has 0 amide bonds. The minimum atomic E-state index is 0.223. The standard InChI is InChI=1S/C16H13N3OS/c17-15-16(21-13-4-2-1-3-5-13)19-14(10-18-15)11-6-8-12(20)9-7-11/h1-10,20H,(H2,17,18). The summed E-state index contributed by atoms with van der Waals surface area (Å²) in [6.45, 7) is 0. The summed E-state index contributed by atoms with van der Waals surface area (Å²) in [7, 11) is 0. The number of nitrogens with two attached hydrogens (primary N) is 1. The molecule has 104 valence electrons. The molecule has 4 nitrogen and oxygen atoms in total. The molecule has 0 unspecified atom stereocenters. The number of hydrogen-bond donors (Lipinski definition) is 2. The van der Waals surface area contributed by atoms with Crippen molar-refractivity contribution in [3.8, 4) is 17.0 Å². The molecule has 1 aromatic heterocycles. The van der Waals surface area contributed by atoms with Gasteiger partial charge in [-0.15, -0.1) is 0 Å². The third kappa shape index (κ3) is 3.14. The smallest absolute Gasteiger partial charge is 0.156 e. The van der Waals surface area contributed by atoms with Crippen molar-refractivity contribution in [3.63, 3.8) is 0 Å². The van der Waals surface area contributed by atoms with Crippen LogP contribution < -0.4 is 5.73 Å². The monoisotopic (exact) mass is 295 g/mol. The van der Waals surface area contributed by atoms with E-state index in [1.807, 2.05) is 30.3 Å². The van der Waals surface area contributed by atoms with E-state index in [2.05, 4.69) is 9.97 Å². The number of aromatic nitrogens is 2. The summed E-state index contributed by atoms with van der Waals surface area (Å²) < 4.78 is 0. The molecule has 0 fully saturated rings. The van der Waals surface area contributed by atoms with Crippen molar-refractivity contribution in [3.05, 3.63) is 60.8 Å². The van der Waals surface area contributed by atoms with Crippen LogP contribution in [0.1, 0.15) is 0 Å². The van der Waals surface area contributed by atoms with Crippen molar-refractivity contribution in [2.75, 3.05) is 5.73 Å². The van der Waals surface area contributed by atoms with Gasteiger partial charge in [0.2, 0.25) is 0 Å². The highest BCUT2D eigenvalue weighted by Crippen LogP contribution is 2.31. The first-order chi connectivity index (χ1) is 10.2. The van der Waals surface area contributed by atoms with Crippen molar-refractivity contribution in [2.24, 2.45) is 0 Å². The minimum absolute atomic E-state index is 0.223. The Balaban J connectivity index is 1.94. The van der Waals surface area contributed by atoms with E-state index in [1.165, 1.54) is 11.8 Å². The molecule has 0 saturated heterocycles. The molecule has 3 N–H and O–H groups in total. The van der Waals surface area contributed by atoms with Gasteiger partial charge in [0.25, 0.3) is 0 Å². The molecule has 21 heavy (non-hydrogen) atoms. The Morgan fingerprint density at radius 1 is 0.952 bits per heavy atom. The highest BCUT2D eigenvalue weighted by molar-refractivity contribution is 7.99. The summed E-state index contributed by atoms with van der Waals surface area (Å²) in [5, 5.41) is 10.0. The van der Waals surface area contributed by atoms with Crippen LogP contribution in [0.15, 0.2) is 70.7 Å². The quantitative estimate of drug-likeness (QED) is 0.772. The maximum absolute atomic E-state index is 9.34. The van der Waals surface area contributed by atoms with Crippen molar-refractivity contribution in [1.82, 2.24) is 9.97 Å². The number of anilines is 1. The van der Waals surface area contributed by atoms with E-state index in [-0.39, 0.29) is 5.75 Å². The van der Waals surface area contributed by atoms with Crippen LogP contribution in [0, 0.1) is 0 Å². The third-order valence-corrected chi connectivity index (χ3v) is 3.89. The lowest BCUT2D eigenvalue weighted by molar-refractivity contribution is 0.475. The fraction of sp³-hybridized carbons (Fsp3) is 0. The summed E-state index contributed by atoms with van der Waals surface area (Å²) in [4.78, 5) is 9.82. The molecular formula is C16H13N3OS. The lowest BCUT2D eigenvalue weighted by atomic mass is 10.1. The van der Waals surface area contributed by atoms with Gasteiger partial charge in [-0.2, -0.15) is 0 Å². The van der Waals surface area contributed by atoms with Crippen LogP contribution in [-0.4, -0.2) is 15.1 Å². The topological polar surface area (TPSA) is 72.0 Å². The average molecular weight is 295 g/mol. The van der Waals surface area contributed by atoms with Gasteiger partial charge in [0.05, 0.1) is 11.9 Å². The van der Waals surface area contributed by atoms with E-state index in [4.69, 9.17) is 5.73 Å². The summed E-state index contributed by atoms with van der Waals surface area (Å²) in [5.41, 5.74) is 7.51. The molecule has 3 aromatic rings. The first kappa shape index (κ1) is 13.5. The highest BCUT2D eigenvalue weighted by Gasteiger charge is 2.08. The maximum atomic E-state index is 9.34. The third-order valence-electron chi connectivity index (χ3n) is 2.89. The second-order valence-corrected chi connectivity index (χ2v) is 5.47. The van der Waals surface area contributed by atoms with E-state index >= 15 is 0 Å². The van der Waals surface area contributed by atoms with Gasteiger partial charge in [0, 0.05) is 10.5 Å². The Morgan fingerprint density at radius 3 is 2.38 bits per heavy atom. The molecule has 0 aliphatic rings. The van der Waals surface area contributed by atoms with E-state index in [9.17, 15) is 5.11 Å². The fourth-order valence-electron chi connectivity index (χ4n) is 1.83. The molecule has 0 spiro atoms. The van der Waals surface area contributed by atoms with Gasteiger partial charge in [-0.3, -0.25) is 0 Å². The zero-order chi connectivity index (χ0) is 14.7. The van der Waals surface area contributed by atoms with E-state index in [0.717, 1.165) is 16.2 Å². The van der Waals surface area contributed by atoms with Crippen LogP contribution in [-0.2, 0) is 0 Å². The van der Waals surface area contributed by atoms with Gasteiger partial charge in [0.1, 0.15) is 10.8 Å². The Labute approximate surface area is 126 Å². The molecular weight excluding hydrogens is 282 g/mol. The van der Waals surface area contributed by atoms with Crippen LogP contribution in [0.5, 0.6) is 5.75 Å². The SMILES string of the molecule is Nc1ncc(-c2ccc(O)cc2)nc1Sc1ccccc1. The normalized spacial score (nSPS) is 10.5. The zero-order valence-corrected chi connectivity index (χ0v) is 11.9. The summed E-state index contributed by atoms with van der Waals surface area (Å²) in [6.07, 6.45) is 1.64. The number of phenols is 1. The van der Waals surface area contributed by atoms with E-state index in [1.54, 1.807) is 30.5 Å². The summed E-state index contributed by atoms with van der Waals surface area (Å²) >= 11 is 1.48. The van der Waals surface area contributed by atoms with Gasteiger partial charge in [-0.05, 0) is 36.4 Å². The van der Waals surface area contributed by atoms with Crippen LogP contribution >= 0.6 is 11.8 Å². The number of benzene rings is 2. The summed E-state index contributed by atoms with van der Waals surface area (Å²) in [6, 6.07) is 16.7. The Bertz CT molecular complexity index is 745. The number of phenolic OH excluding ortho intramolecular Hbond substituents is 1. The average Bonchev–Trinajstić information content (AvgIpc) is 2.51. The van der Waals surface area contributed by atoms with Gasteiger partial charge >= 0.3 is 0 Å². The van der Waals surface area contributed by atoms with Crippen LogP contribution in [0.2, 0.25) is 0 Å². The molecule has 5 heteroatoms. The molecule has 0 aliphatic heterocycles. The fourth-order valence-corrected chi connectivity index (χ4v) is 2.65. The van der Waals surface area contributed by atoms with Gasteiger partial charge in [-0.25, -0.2) is 9.97 Å². The van der Waals surface area contributed by atoms with Crippen molar-refractivity contribution in [2.45, 2.75) is 9.92 Å². The summed E-state index contributed by atoms with van der Waals surface area (Å²) in [5.74, 6) is 0.632. The predicted octanol–water partition coefficient (Wildman–Crippen LogP) is 3.58. The first-order valence-corrected chi connectivity index (χ1v) is 7.19. The predicted molar refractivity (Wildman–Crippen MR) is 84.1 cm³/mol. The Morgan fingerprint density at radius 2 is 1.67 bits per heavy atom. The van der Waals surface area contributed by atoms with Crippen molar-refractivity contribution in [1.29, 1.82) is 0 Å². The molecule has 0 bridgehead atoms. The van der Waals surface area contributed by atoms with Gasteiger partial charge < -0.3 is 10.8 Å². The Hall–Kier alpha value is -2.53. The number of nitrogen functional groups attached to an aromatic ring is 1. The largest absolute Gasteiger partial charge is 0.508 e. The molecule has 2 aromatic carbocycles. The maximum Gasteiger partial charge on any atom is 0.156 e. The molecule has 0 radical (unpaired) electrons. The van der Waals surface area contributed by atoms with Gasteiger partial charge in [0.15, 0.2) is 5.82 Å². The molecule has 3 rings (SSSR count). The van der Waals surface area contributed by atoms with E-state index in [0.29, 0.717) is 10.8 Å². The second-order valence-electron chi connectivity index (χ2n) is 4.41. The molecule has 0 saturated carbocycles. The van der Waals surface area contributed by atoms with Crippen LogP contribution in [0.3, 0.4) is 0 Å². The molecule has 0 atom stereocenters. The van der Waals surface area contributed by atoms with Gasteiger partial charge in [-0.1, -0.05) is 30.0 Å². The van der Waals surface area contributed by atoms with Crippen molar-refractivity contribution < 1.29 is 5.11 Å². The number of hydrogen-bond acceptors (Lipinski definition) is 5. The highest BCUT2D eigenvalue weighted by atomic mass is 32.2. The molecule has 1 heterocycles. The zero-order valence-electron chi connectivity index (χ0n) is 11.1. The lowest BCUT2D eigenvalue weighted by Gasteiger charge is -2.07. The Kier molecular flexibility index (Phi) is 3.75. The lowest BCUT2D eigenvalue weighted by Crippen LogP contribution is -1.97.